The first-order chi connectivity index (χ1) is 15.4. The number of alkyl halides is 3. The number of halogens is 3. The van der Waals surface area contributed by atoms with Crippen molar-refractivity contribution in [2.75, 3.05) is 6.54 Å². The lowest BCUT2D eigenvalue weighted by atomic mass is 10.1. The minimum absolute atomic E-state index is 0.112. The molecule has 0 spiro atoms. The first-order valence-electron chi connectivity index (χ1n) is 10.6. The van der Waals surface area contributed by atoms with Gasteiger partial charge in [0.05, 0.1) is 17.8 Å². The molecule has 168 valence electrons. The molecule has 0 radical (unpaired) electrons. The number of hydrogen-bond acceptors (Lipinski definition) is 4. The summed E-state index contributed by atoms with van der Waals surface area (Å²) in [6.45, 7) is 1.48. The molecule has 0 aliphatic carbocycles. The third-order valence-corrected chi connectivity index (χ3v) is 6.45. The molecule has 2 aromatic carbocycles. The quantitative estimate of drug-likeness (QED) is 0.453. The van der Waals surface area contributed by atoms with Crippen LogP contribution >= 0.6 is 11.3 Å². The van der Waals surface area contributed by atoms with Crippen molar-refractivity contribution in [2.24, 2.45) is 0 Å². The van der Waals surface area contributed by atoms with E-state index in [1.165, 1.54) is 12.1 Å². The molecular formula is C24H24F3N3OS. The second-order valence-electron chi connectivity index (χ2n) is 7.87. The van der Waals surface area contributed by atoms with Gasteiger partial charge in [-0.05, 0) is 31.0 Å². The van der Waals surface area contributed by atoms with Crippen molar-refractivity contribution in [3.63, 3.8) is 0 Å². The van der Waals surface area contributed by atoms with E-state index in [1.54, 1.807) is 17.4 Å². The Morgan fingerprint density at radius 1 is 1.12 bits per heavy atom. The summed E-state index contributed by atoms with van der Waals surface area (Å²) in [5.74, 6) is 0.129. The molecule has 1 unspecified atom stereocenters. The fraction of sp³-hybridized carbons (Fsp3) is 0.333. The van der Waals surface area contributed by atoms with Crippen molar-refractivity contribution in [2.45, 2.75) is 44.6 Å². The lowest BCUT2D eigenvalue weighted by Gasteiger charge is -2.24. The molecule has 4 rings (SSSR count). The highest BCUT2D eigenvalue weighted by Gasteiger charge is 2.31. The molecule has 0 bridgehead atoms. The number of nitrogens with one attached hydrogen (secondary N) is 1. The van der Waals surface area contributed by atoms with Crippen molar-refractivity contribution < 1.29 is 18.0 Å². The molecule has 8 heteroatoms. The van der Waals surface area contributed by atoms with E-state index in [0.29, 0.717) is 31.6 Å². The Balaban J connectivity index is 1.30. The van der Waals surface area contributed by atoms with Gasteiger partial charge < -0.3 is 10.2 Å². The number of amides is 1. The number of benzene rings is 2. The Morgan fingerprint density at radius 2 is 1.94 bits per heavy atom. The standard InChI is InChI=1S/C24H24F3N3OS/c25-24(26,27)19-8-4-5-17(13-19)14-28-12-11-20-9-10-23(31)30(20)15-22-29-21(16-32-22)18-6-2-1-3-7-18/h1-8,13,16,20,28H,9-12,14-15H2. The highest BCUT2D eigenvalue weighted by Crippen LogP contribution is 2.30. The highest BCUT2D eigenvalue weighted by atomic mass is 32.1. The monoisotopic (exact) mass is 459 g/mol. The predicted octanol–water partition coefficient (Wildman–Crippen LogP) is 5.50. The minimum atomic E-state index is -4.34. The van der Waals surface area contributed by atoms with Crippen molar-refractivity contribution in [3.05, 3.63) is 76.1 Å². The first kappa shape index (κ1) is 22.5. The fourth-order valence-electron chi connectivity index (χ4n) is 3.94. The second-order valence-corrected chi connectivity index (χ2v) is 8.81. The summed E-state index contributed by atoms with van der Waals surface area (Å²) in [5.41, 5.74) is 1.92. The van der Waals surface area contributed by atoms with Crippen LogP contribution in [0.4, 0.5) is 13.2 Å². The Bertz CT molecular complexity index is 1050. The van der Waals surface area contributed by atoms with Gasteiger partial charge in [-0.2, -0.15) is 13.2 Å². The fourth-order valence-corrected chi connectivity index (χ4v) is 4.74. The van der Waals surface area contributed by atoms with Crippen molar-refractivity contribution >= 4 is 17.2 Å². The van der Waals surface area contributed by atoms with Crippen molar-refractivity contribution in [3.8, 4) is 11.3 Å². The number of rotatable bonds is 8. The number of nitrogens with zero attached hydrogens (tertiary/aromatic N) is 2. The van der Waals surface area contributed by atoms with Gasteiger partial charge in [0.15, 0.2) is 0 Å². The molecule has 4 nitrogen and oxygen atoms in total. The number of thiazole rings is 1. The minimum Gasteiger partial charge on any atom is -0.333 e. The molecule has 3 aromatic rings. The Labute approximate surface area is 189 Å². The molecular weight excluding hydrogens is 435 g/mol. The smallest absolute Gasteiger partial charge is 0.333 e. The van der Waals surface area contributed by atoms with Crippen LogP contribution in [0.1, 0.15) is 35.4 Å². The Hall–Kier alpha value is -2.71. The van der Waals surface area contributed by atoms with Crippen LogP contribution in [0.15, 0.2) is 60.0 Å². The van der Waals surface area contributed by atoms with Gasteiger partial charge in [0.2, 0.25) is 5.91 Å². The summed E-state index contributed by atoms with van der Waals surface area (Å²) in [7, 11) is 0. The van der Waals surface area contributed by atoms with Gasteiger partial charge >= 0.3 is 6.18 Å². The lowest BCUT2D eigenvalue weighted by molar-refractivity contribution is -0.137. The van der Waals surface area contributed by atoms with Gasteiger partial charge in [0.1, 0.15) is 5.01 Å². The molecule has 0 saturated carbocycles. The molecule has 1 amide bonds. The zero-order valence-corrected chi connectivity index (χ0v) is 18.3. The molecule has 1 atom stereocenters. The summed E-state index contributed by atoms with van der Waals surface area (Å²) in [6, 6.07) is 15.4. The summed E-state index contributed by atoms with van der Waals surface area (Å²) in [4.78, 5) is 19.0. The van der Waals surface area contributed by atoms with Crippen LogP contribution in [0, 0.1) is 0 Å². The zero-order chi connectivity index (χ0) is 22.6. The number of likely N-dealkylation sites (tertiary alicyclic amines) is 1. The third kappa shape index (κ3) is 5.55. The highest BCUT2D eigenvalue weighted by molar-refractivity contribution is 7.09. The summed E-state index contributed by atoms with van der Waals surface area (Å²) >= 11 is 1.55. The maximum Gasteiger partial charge on any atom is 0.416 e. The topological polar surface area (TPSA) is 45.2 Å². The van der Waals surface area contributed by atoms with E-state index in [9.17, 15) is 18.0 Å². The summed E-state index contributed by atoms with van der Waals surface area (Å²) < 4.78 is 38.6. The van der Waals surface area contributed by atoms with E-state index in [-0.39, 0.29) is 11.9 Å². The van der Waals surface area contributed by atoms with Gasteiger partial charge in [-0.15, -0.1) is 11.3 Å². The van der Waals surface area contributed by atoms with E-state index < -0.39 is 11.7 Å². The number of carbonyl (C=O) groups excluding carboxylic acids is 1. The van der Waals surface area contributed by atoms with E-state index in [1.807, 2.05) is 40.6 Å². The van der Waals surface area contributed by atoms with E-state index in [0.717, 1.165) is 35.2 Å². The maximum atomic E-state index is 12.9. The molecule has 1 N–H and O–H groups in total. The summed E-state index contributed by atoms with van der Waals surface area (Å²) in [6.07, 6.45) is -2.27. The van der Waals surface area contributed by atoms with Crippen LogP contribution in [0.2, 0.25) is 0 Å². The zero-order valence-electron chi connectivity index (χ0n) is 17.4. The molecule has 32 heavy (non-hydrogen) atoms. The first-order valence-corrected chi connectivity index (χ1v) is 11.4. The second kappa shape index (κ2) is 9.83. The van der Waals surface area contributed by atoms with Crippen molar-refractivity contribution in [1.29, 1.82) is 0 Å². The van der Waals surface area contributed by atoms with Gasteiger partial charge in [-0.1, -0.05) is 48.5 Å². The van der Waals surface area contributed by atoms with Crippen LogP contribution in [-0.2, 0) is 24.1 Å². The van der Waals surface area contributed by atoms with Crippen LogP contribution < -0.4 is 5.32 Å². The molecule has 1 saturated heterocycles. The molecule has 1 fully saturated rings. The molecule has 1 aliphatic rings. The third-order valence-electron chi connectivity index (χ3n) is 5.62. The average molecular weight is 460 g/mol. The normalized spacial score (nSPS) is 16.7. The Kier molecular flexibility index (Phi) is 6.91. The van der Waals surface area contributed by atoms with E-state index in [4.69, 9.17) is 4.98 Å². The maximum absolute atomic E-state index is 12.9. The van der Waals surface area contributed by atoms with E-state index in [2.05, 4.69) is 5.32 Å². The van der Waals surface area contributed by atoms with Crippen LogP contribution in [0.25, 0.3) is 11.3 Å². The van der Waals surface area contributed by atoms with Gasteiger partial charge in [0, 0.05) is 30.0 Å². The number of hydrogen-bond donors (Lipinski definition) is 1. The van der Waals surface area contributed by atoms with Crippen LogP contribution in [-0.4, -0.2) is 28.4 Å². The average Bonchev–Trinajstić information content (AvgIpc) is 3.39. The molecule has 1 aliphatic heterocycles. The number of aromatic nitrogens is 1. The SMILES string of the molecule is O=C1CCC(CCNCc2cccc(C(F)(F)F)c2)N1Cc1nc(-c2ccccc2)cs1. The van der Waals surface area contributed by atoms with Gasteiger partial charge in [-0.3, -0.25) is 4.79 Å². The Morgan fingerprint density at radius 3 is 2.72 bits per heavy atom. The van der Waals surface area contributed by atoms with Crippen molar-refractivity contribution in [1.82, 2.24) is 15.2 Å². The summed E-state index contributed by atoms with van der Waals surface area (Å²) in [5, 5.41) is 6.13. The van der Waals surface area contributed by atoms with Gasteiger partial charge in [0.25, 0.3) is 0 Å². The number of carbonyl (C=O) groups is 1. The predicted molar refractivity (Wildman–Crippen MR) is 119 cm³/mol. The molecule has 2 heterocycles. The largest absolute Gasteiger partial charge is 0.416 e. The molecule has 1 aromatic heterocycles. The van der Waals surface area contributed by atoms with Gasteiger partial charge in [-0.25, -0.2) is 4.98 Å². The van der Waals surface area contributed by atoms with Crippen LogP contribution in [0.5, 0.6) is 0 Å². The van der Waals surface area contributed by atoms with E-state index >= 15 is 0 Å². The van der Waals surface area contributed by atoms with Crippen LogP contribution in [0.3, 0.4) is 0 Å². The lowest BCUT2D eigenvalue weighted by Crippen LogP contribution is -2.34.